The van der Waals surface area contributed by atoms with E-state index in [2.05, 4.69) is 54.1 Å². The first-order chi connectivity index (χ1) is 8.65. The number of nitrogens with one attached hydrogen (secondary N) is 1. The Morgan fingerprint density at radius 3 is 2.78 bits per heavy atom. The summed E-state index contributed by atoms with van der Waals surface area (Å²) in [5, 5.41) is 12.4. The van der Waals surface area contributed by atoms with Gasteiger partial charge in [-0.1, -0.05) is 0 Å². The Morgan fingerprint density at radius 1 is 1.33 bits per heavy atom. The van der Waals surface area contributed by atoms with Crippen molar-refractivity contribution in [3.8, 4) is 0 Å². The van der Waals surface area contributed by atoms with E-state index in [1.165, 1.54) is 5.56 Å². The maximum atomic E-state index is 4.53. The molecule has 4 heteroatoms. The van der Waals surface area contributed by atoms with Crippen LogP contribution in [-0.2, 0) is 13.0 Å². The summed E-state index contributed by atoms with van der Waals surface area (Å²) in [5.41, 5.74) is 2.52. The SMILES string of the molecule is CC(Cc1ccsc1)NCc1ccn(C(C)C)n1. The Hall–Kier alpha value is -1.13. The molecule has 2 aromatic heterocycles. The third kappa shape index (κ3) is 3.68. The van der Waals surface area contributed by atoms with Gasteiger partial charge in [0.2, 0.25) is 0 Å². The zero-order valence-corrected chi connectivity index (χ0v) is 12.1. The Labute approximate surface area is 113 Å². The standard InChI is InChI=1S/C14H21N3S/c1-11(2)17-6-4-14(16-17)9-15-12(3)8-13-5-7-18-10-13/h4-7,10-12,15H,8-9H2,1-3H3. The fraction of sp³-hybridized carbons (Fsp3) is 0.500. The van der Waals surface area contributed by atoms with Gasteiger partial charge in [0.05, 0.1) is 5.69 Å². The van der Waals surface area contributed by atoms with Gasteiger partial charge in [-0.25, -0.2) is 0 Å². The van der Waals surface area contributed by atoms with Crippen molar-refractivity contribution in [3.63, 3.8) is 0 Å². The van der Waals surface area contributed by atoms with Crippen molar-refractivity contribution in [2.24, 2.45) is 0 Å². The first-order valence-electron chi connectivity index (χ1n) is 6.43. The van der Waals surface area contributed by atoms with Crippen molar-refractivity contribution in [1.29, 1.82) is 0 Å². The zero-order valence-electron chi connectivity index (χ0n) is 11.3. The van der Waals surface area contributed by atoms with Gasteiger partial charge in [-0.15, -0.1) is 0 Å². The van der Waals surface area contributed by atoms with E-state index in [-0.39, 0.29) is 0 Å². The number of hydrogen-bond donors (Lipinski definition) is 1. The first kappa shape index (κ1) is 13.3. The minimum Gasteiger partial charge on any atom is -0.308 e. The molecule has 0 saturated carbocycles. The van der Waals surface area contributed by atoms with Crippen LogP contribution in [0.15, 0.2) is 29.1 Å². The summed E-state index contributed by atoms with van der Waals surface area (Å²) in [7, 11) is 0. The van der Waals surface area contributed by atoms with Gasteiger partial charge in [0.1, 0.15) is 0 Å². The maximum absolute atomic E-state index is 4.53. The van der Waals surface area contributed by atoms with Crippen LogP contribution < -0.4 is 5.32 Å². The zero-order chi connectivity index (χ0) is 13.0. The lowest BCUT2D eigenvalue weighted by Crippen LogP contribution is -2.27. The topological polar surface area (TPSA) is 29.9 Å². The minimum absolute atomic E-state index is 0.432. The second-order valence-corrected chi connectivity index (χ2v) is 5.78. The monoisotopic (exact) mass is 263 g/mol. The molecule has 0 aliphatic carbocycles. The van der Waals surface area contributed by atoms with Crippen molar-refractivity contribution in [2.75, 3.05) is 0 Å². The van der Waals surface area contributed by atoms with Crippen LogP contribution >= 0.6 is 11.3 Å². The van der Waals surface area contributed by atoms with Gasteiger partial charge in [-0.2, -0.15) is 16.4 Å². The third-order valence-electron chi connectivity index (χ3n) is 2.95. The molecule has 1 atom stereocenters. The van der Waals surface area contributed by atoms with Crippen molar-refractivity contribution in [3.05, 3.63) is 40.3 Å². The lowest BCUT2D eigenvalue weighted by Gasteiger charge is -2.11. The molecular weight excluding hydrogens is 242 g/mol. The molecule has 2 heterocycles. The summed E-state index contributed by atoms with van der Waals surface area (Å²) in [4.78, 5) is 0. The molecule has 3 nitrogen and oxygen atoms in total. The molecule has 0 amide bonds. The van der Waals surface area contributed by atoms with E-state index in [1.54, 1.807) is 11.3 Å². The van der Waals surface area contributed by atoms with Gasteiger partial charge in [0.15, 0.2) is 0 Å². The molecule has 18 heavy (non-hydrogen) atoms. The molecule has 98 valence electrons. The average molecular weight is 263 g/mol. The highest BCUT2D eigenvalue weighted by atomic mass is 32.1. The van der Waals surface area contributed by atoms with Crippen molar-refractivity contribution >= 4 is 11.3 Å². The fourth-order valence-corrected chi connectivity index (χ4v) is 2.55. The molecule has 0 fully saturated rings. The lowest BCUT2D eigenvalue weighted by molar-refractivity contribution is 0.505. The van der Waals surface area contributed by atoms with E-state index < -0.39 is 0 Å². The highest BCUT2D eigenvalue weighted by Gasteiger charge is 2.06. The molecule has 1 N–H and O–H groups in total. The normalized spacial score (nSPS) is 13.1. The summed E-state index contributed by atoms with van der Waals surface area (Å²) in [6, 6.07) is 5.19. The summed E-state index contributed by atoms with van der Waals surface area (Å²) in [5.74, 6) is 0. The summed E-state index contributed by atoms with van der Waals surface area (Å²) < 4.78 is 2.00. The molecule has 2 rings (SSSR count). The number of rotatable bonds is 6. The number of nitrogens with zero attached hydrogens (tertiary/aromatic N) is 2. The van der Waals surface area contributed by atoms with Gasteiger partial charge in [0, 0.05) is 24.8 Å². The maximum Gasteiger partial charge on any atom is 0.0762 e. The van der Waals surface area contributed by atoms with Crippen LogP contribution in [0.3, 0.4) is 0 Å². The van der Waals surface area contributed by atoms with Crippen molar-refractivity contribution in [2.45, 2.75) is 45.8 Å². The van der Waals surface area contributed by atoms with Gasteiger partial charge < -0.3 is 5.32 Å². The minimum atomic E-state index is 0.432. The van der Waals surface area contributed by atoms with Crippen LogP contribution in [0.25, 0.3) is 0 Å². The van der Waals surface area contributed by atoms with Crippen LogP contribution in [0, 0.1) is 0 Å². The largest absolute Gasteiger partial charge is 0.308 e. The molecule has 0 aromatic carbocycles. The van der Waals surface area contributed by atoms with E-state index in [0.29, 0.717) is 12.1 Å². The van der Waals surface area contributed by atoms with Crippen LogP contribution in [-0.4, -0.2) is 15.8 Å². The van der Waals surface area contributed by atoms with Gasteiger partial charge in [-0.3, -0.25) is 4.68 Å². The first-order valence-corrected chi connectivity index (χ1v) is 7.38. The molecular formula is C14H21N3S. The van der Waals surface area contributed by atoms with E-state index >= 15 is 0 Å². The van der Waals surface area contributed by atoms with Crippen LogP contribution in [0.2, 0.25) is 0 Å². The average Bonchev–Trinajstić information content (AvgIpc) is 2.96. The van der Waals surface area contributed by atoms with E-state index in [0.717, 1.165) is 18.7 Å². The highest BCUT2D eigenvalue weighted by Crippen LogP contribution is 2.09. The third-order valence-corrected chi connectivity index (χ3v) is 3.68. The second-order valence-electron chi connectivity index (χ2n) is 5.00. The molecule has 0 spiro atoms. The summed E-state index contributed by atoms with van der Waals surface area (Å²) >= 11 is 1.76. The van der Waals surface area contributed by atoms with Crippen LogP contribution in [0.4, 0.5) is 0 Å². The smallest absolute Gasteiger partial charge is 0.0762 e. The molecule has 0 aliphatic heterocycles. The number of thiophene rings is 1. The van der Waals surface area contributed by atoms with Crippen LogP contribution in [0.1, 0.15) is 38.1 Å². The van der Waals surface area contributed by atoms with E-state index in [4.69, 9.17) is 0 Å². The Balaban J connectivity index is 1.79. The second kappa shape index (κ2) is 6.16. The predicted octanol–water partition coefficient (Wildman–Crippen LogP) is 3.25. The van der Waals surface area contributed by atoms with E-state index in [1.807, 2.05) is 10.9 Å². The van der Waals surface area contributed by atoms with Crippen LogP contribution in [0.5, 0.6) is 0 Å². The molecule has 0 saturated heterocycles. The molecule has 0 aliphatic rings. The lowest BCUT2D eigenvalue weighted by atomic mass is 10.1. The van der Waals surface area contributed by atoms with Crippen molar-refractivity contribution in [1.82, 2.24) is 15.1 Å². The molecule has 0 bridgehead atoms. The quantitative estimate of drug-likeness (QED) is 0.867. The fourth-order valence-electron chi connectivity index (χ4n) is 1.87. The summed E-state index contributed by atoms with van der Waals surface area (Å²) in [6.45, 7) is 7.34. The van der Waals surface area contributed by atoms with E-state index in [9.17, 15) is 0 Å². The molecule has 0 radical (unpaired) electrons. The number of hydrogen-bond acceptors (Lipinski definition) is 3. The highest BCUT2D eigenvalue weighted by molar-refractivity contribution is 7.07. The van der Waals surface area contributed by atoms with Gasteiger partial charge in [-0.05, 0) is 55.6 Å². The Kier molecular flexibility index (Phi) is 4.55. The van der Waals surface area contributed by atoms with Crippen molar-refractivity contribution < 1.29 is 0 Å². The summed E-state index contributed by atoms with van der Waals surface area (Å²) in [6.07, 6.45) is 3.12. The van der Waals surface area contributed by atoms with Gasteiger partial charge in [0.25, 0.3) is 0 Å². The number of aromatic nitrogens is 2. The molecule has 2 aromatic rings. The molecule has 1 unspecified atom stereocenters. The Bertz CT molecular complexity index is 459. The Morgan fingerprint density at radius 2 is 2.17 bits per heavy atom. The predicted molar refractivity (Wildman–Crippen MR) is 76.9 cm³/mol. The van der Waals surface area contributed by atoms with Gasteiger partial charge >= 0.3 is 0 Å².